The quantitative estimate of drug-likeness (QED) is 0.725. The van der Waals surface area contributed by atoms with Crippen LogP contribution < -0.4 is 0 Å². The van der Waals surface area contributed by atoms with Crippen LogP contribution in [0.15, 0.2) is 0 Å². The van der Waals surface area contributed by atoms with E-state index in [1.165, 1.54) is 32.1 Å². The number of carbonyl (C=O) groups excluding carboxylic acids is 1. The first-order valence-corrected chi connectivity index (χ1v) is 8.51. The second-order valence-corrected chi connectivity index (χ2v) is 7.50. The van der Waals surface area contributed by atoms with Crippen molar-refractivity contribution >= 4 is 21.8 Å². The topological polar surface area (TPSA) is 20.3 Å². The molecule has 1 amide bonds. The van der Waals surface area contributed by atoms with E-state index in [2.05, 4.69) is 34.7 Å². The number of alkyl halides is 1. The van der Waals surface area contributed by atoms with Crippen molar-refractivity contribution in [2.75, 3.05) is 18.4 Å². The van der Waals surface area contributed by atoms with Crippen LogP contribution in [-0.4, -0.2) is 29.2 Å². The van der Waals surface area contributed by atoms with Crippen molar-refractivity contribution in [1.82, 2.24) is 4.90 Å². The molecule has 2 nitrogen and oxygen atoms in total. The average Bonchev–Trinajstić information content (AvgIpc) is 2.77. The smallest absolute Gasteiger partial charge is 0.226 e. The fourth-order valence-electron chi connectivity index (χ4n) is 3.59. The van der Waals surface area contributed by atoms with Gasteiger partial charge in [0, 0.05) is 24.3 Å². The first-order valence-electron chi connectivity index (χ1n) is 7.39. The van der Waals surface area contributed by atoms with E-state index in [4.69, 9.17) is 0 Å². The van der Waals surface area contributed by atoms with Gasteiger partial charge in [0.1, 0.15) is 0 Å². The molecule has 0 radical (unpaired) electrons. The van der Waals surface area contributed by atoms with E-state index < -0.39 is 0 Å². The Labute approximate surface area is 120 Å². The van der Waals surface area contributed by atoms with E-state index >= 15 is 0 Å². The molecule has 2 aliphatic rings. The highest BCUT2D eigenvalue weighted by Gasteiger charge is 2.40. The van der Waals surface area contributed by atoms with Gasteiger partial charge in [-0.2, -0.15) is 0 Å². The Balaban J connectivity index is 1.95. The van der Waals surface area contributed by atoms with Gasteiger partial charge < -0.3 is 4.90 Å². The van der Waals surface area contributed by atoms with Crippen molar-refractivity contribution in [2.24, 2.45) is 17.3 Å². The van der Waals surface area contributed by atoms with E-state index in [-0.39, 0.29) is 11.3 Å². The molecule has 2 atom stereocenters. The lowest BCUT2D eigenvalue weighted by Crippen LogP contribution is -2.42. The maximum Gasteiger partial charge on any atom is 0.226 e. The Morgan fingerprint density at radius 3 is 2.78 bits per heavy atom. The summed E-state index contributed by atoms with van der Waals surface area (Å²) in [7, 11) is 0. The maximum absolute atomic E-state index is 12.7. The summed E-state index contributed by atoms with van der Waals surface area (Å²) in [6.07, 6.45) is 7.25. The molecule has 3 heteroatoms. The SMILES string of the molecule is CC1(C)CCCCC1C(=O)N1CCC(CCBr)C1. The van der Waals surface area contributed by atoms with Gasteiger partial charge in [-0.05, 0) is 37.0 Å². The van der Waals surface area contributed by atoms with Crippen LogP contribution in [0.1, 0.15) is 52.4 Å². The Hall–Kier alpha value is -0.0500. The molecule has 0 aromatic heterocycles. The summed E-state index contributed by atoms with van der Waals surface area (Å²) in [4.78, 5) is 14.8. The Morgan fingerprint density at radius 1 is 1.33 bits per heavy atom. The third kappa shape index (κ3) is 3.09. The summed E-state index contributed by atoms with van der Waals surface area (Å²) in [5.41, 5.74) is 0.211. The summed E-state index contributed by atoms with van der Waals surface area (Å²) >= 11 is 3.51. The lowest BCUT2D eigenvalue weighted by atomic mass is 9.68. The predicted octanol–water partition coefficient (Wildman–Crippen LogP) is 3.84. The molecule has 0 aromatic rings. The van der Waals surface area contributed by atoms with Gasteiger partial charge >= 0.3 is 0 Å². The fraction of sp³-hybridized carbons (Fsp3) is 0.933. The first-order chi connectivity index (χ1) is 8.54. The van der Waals surface area contributed by atoms with Crippen molar-refractivity contribution in [3.05, 3.63) is 0 Å². The number of halogens is 1. The van der Waals surface area contributed by atoms with Gasteiger partial charge in [-0.15, -0.1) is 0 Å². The molecule has 0 N–H and O–H groups in total. The molecule has 2 fully saturated rings. The van der Waals surface area contributed by atoms with Crippen LogP contribution in [0.3, 0.4) is 0 Å². The third-order valence-corrected chi connectivity index (χ3v) is 5.38. The minimum absolute atomic E-state index is 0.211. The van der Waals surface area contributed by atoms with Gasteiger partial charge in [0.25, 0.3) is 0 Å². The molecule has 104 valence electrons. The van der Waals surface area contributed by atoms with Crippen LogP contribution in [0.2, 0.25) is 0 Å². The predicted molar refractivity (Wildman–Crippen MR) is 78.8 cm³/mol. The summed E-state index contributed by atoms with van der Waals surface area (Å²) < 4.78 is 0. The summed E-state index contributed by atoms with van der Waals surface area (Å²) in [6, 6.07) is 0. The molecule has 1 heterocycles. The molecule has 2 unspecified atom stereocenters. The minimum Gasteiger partial charge on any atom is -0.342 e. The number of rotatable bonds is 3. The van der Waals surface area contributed by atoms with E-state index in [0.29, 0.717) is 5.91 Å². The maximum atomic E-state index is 12.7. The highest BCUT2D eigenvalue weighted by atomic mass is 79.9. The van der Waals surface area contributed by atoms with E-state index in [1.807, 2.05) is 0 Å². The molecule has 0 spiro atoms. The summed E-state index contributed by atoms with van der Waals surface area (Å²) in [6.45, 7) is 6.54. The highest BCUT2D eigenvalue weighted by Crippen LogP contribution is 2.42. The number of carbonyl (C=O) groups is 1. The number of hydrogen-bond donors (Lipinski definition) is 0. The van der Waals surface area contributed by atoms with E-state index in [0.717, 1.165) is 30.8 Å². The van der Waals surface area contributed by atoms with Crippen LogP contribution >= 0.6 is 15.9 Å². The molecule has 18 heavy (non-hydrogen) atoms. The molecule has 1 aliphatic carbocycles. The van der Waals surface area contributed by atoms with Gasteiger partial charge in [-0.1, -0.05) is 42.6 Å². The Morgan fingerprint density at radius 2 is 2.11 bits per heavy atom. The molecular weight excluding hydrogens is 290 g/mol. The van der Waals surface area contributed by atoms with Crippen LogP contribution in [0.5, 0.6) is 0 Å². The van der Waals surface area contributed by atoms with Crippen LogP contribution in [0.25, 0.3) is 0 Å². The molecular formula is C15H26BrNO. The average molecular weight is 316 g/mol. The summed E-state index contributed by atoms with van der Waals surface area (Å²) in [5.74, 6) is 1.44. The van der Waals surface area contributed by atoms with Crippen LogP contribution in [0.4, 0.5) is 0 Å². The molecule has 0 aromatic carbocycles. The lowest BCUT2D eigenvalue weighted by molar-refractivity contribution is -0.140. The van der Waals surface area contributed by atoms with Crippen LogP contribution in [0, 0.1) is 17.3 Å². The zero-order valence-electron chi connectivity index (χ0n) is 11.8. The number of hydrogen-bond acceptors (Lipinski definition) is 1. The van der Waals surface area contributed by atoms with Crippen molar-refractivity contribution in [3.63, 3.8) is 0 Å². The second kappa shape index (κ2) is 5.94. The van der Waals surface area contributed by atoms with Gasteiger partial charge in [-0.25, -0.2) is 0 Å². The molecule has 0 bridgehead atoms. The Kier molecular flexibility index (Phi) is 4.74. The van der Waals surface area contributed by atoms with Gasteiger partial charge in [0.05, 0.1) is 0 Å². The second-order valence-electron chi connectivity index (χ2n) is 6.70. The minimum atomic E-state index is 0.211. The van der Waals surface area contributed by atoms with E-state index in [1.54, 1.807) is 0 Å². The first kappa shape index (κ1) is 14.4. The van der Waals surface area contributed by atoms with E-state index in [9.17, 15) is 4.79 Å². The van der Waals surface area contributed by atoms with Crippen molar-refractivity contribution < 1.29 is 4.79 Å². The summed E-state index contributed by atoms with van der Waals surface area (Å²) in [5, 5.41) is 1.06. The van der Waals surface area contributed by atoms with Crippen molar-refractivity contribution in [1.29, 1.82) is 0 Å². The number of nitrogens with zero attached hydrogens (tertiary/aromatic N) is 1. The monoisotopic (exact) mass is 315 g/mol. The largest absolute Gasteiger partial charge is 0.342 e. The lowest BCUT2D eigenvalue weighted by Gasteiger charge is -2.39. The van der Waals surface area contributed by atoms with Crippen LogP contribution in [-0.2, 0) is 4.79 Å². The van der Waals surface area contributed by atoms with Crippen molar-refractivity contribution in [2.45, 2.75) is 52.4 Å². The van der Waals surface area contributed by atoms with Crippen molar-refractivity contribution in [3.8, 4) is 0 Å². The van der Waals surface area contributed by atoms with Gasteiger partial charge in [0.15, 0.2) is 0 Å². The molecule has 1 saturated heterocycles. The molecule has 2 rings (SSSR count). The zero-order valence-corrected chi connectivity index (χ0v) is 13.3. The fourth-order valence-corrected chi connectivity index (χ4v) is 4.24. The Bertz CT molecular complexity index is 303. The molecule has 1 aliphatic heterocycles. The van der Waals surface area contributed by atoms with Gasteiger partial charge in [-0.3, -0.25) is 4.79 Å². The third-order valence-electron chi connectivity index (χ3n) is 4.92. The molecule has 1 saturated carbocycles. The number of likely N-dealkylation sites (tertiary alicyclic amines) is 1. The number of amides is 1. The van der Waals surface area contributed by atoms with Gasteiger partial charge in [0.2, 0.25) is 5.91 Å². The zero-order chi connectivity index (χ0) is 13.2. The highest BCUT2D eigenvalue weighted by molar-refractivity contribution is 9.09. The normalized spacial score (nSPS) is 31.6. The standard InChI is InChI=1S/C15H26BrNO/c1-15(2)8-4-3-5-13(15)14(18)17-10-7-12(11-17)6-9-16/h12-13H,3-11H2,1-2H3.